The molecule has 0 fully saturated rings. The van der Waals surface area contributed by atoms with Crippen molar-refractivity contribution in [3.05, 3.63) is 0 Å². The molecule has 17 heavy (non-hydrogen) atoms. The third-order valence-corrected chi connectivity index (χ3v) is 4.31. The minimum Gasteiger partial charge on any atom is -0.0654 e. The van der Waals surface area contributed by atoms with E-state index in [0.29, 0.717) is 0 Å². The predicted octanol–water partition coefficient (Wildman–Crippen LogP) is 6.59. The molecule has 0 saturated carbocycles. The van der Waals surface area contributed by atoms with Crippen LogP contribution >= 0.6 is 0 Å². The minimum atomic E-state index is 0.943. The van der Waals surface area contributed by atoms with Crippen molar-refractivity contribution >= 4 is 0 Å². The Morgan fingerprint density at radius 3 is 1.65 bits per heavy atom. The zero-order valence-corrected chi connectivity index (χ0v) is 12.9. The summed E-state index contributed by atoms with van der Waals surface area (Å²) in [4.78, 5) is 0. The van der Waals surface area contributed by atoms with Crippen molar-refractivity contribution in [1.29, 1.82) is 0 Å². The zero-order chi connectivity index (χ0) is 12.9. The van der Waals surface area contributed by atoms with Crippen LogP contribution in [-0.4, -0.2) is 0 Å². The van der Waals surface area contributed by atoms with Crippen LogP contribution in [0.5, 0.6) is 0 Å². The molecule has 0 amide bonds. The summed E-state index contributed by atoms with van der Waals surface area (Å²) in [5.41, 5.74) is 0. The Morgan fingerprint density at radius 1 is 0.647 bits per heavy atom. The molecule has 0 saturated heterocycles. The van der Waals surface area contributed by atoms with Crippen molar-refractivity contribution in [2.24, 2.45) is 11.8 Å². The summed E-state index contributed by atoms with van der Waals surface area (Å²) in [6.45, 7) is 9.42. The highest BCUT2D eigenvalue weighted by Gasteiger charge is 2.14. The van der Waals surface area contributed by atoms with Crippen LogP contribution in [0.1, 0.15) is 98.3 Å². The largest absolute Gasteiger partial charge is 0.0654 e. The van der Waals surface area contributed by atoms with Crippen LogP contribution in [0, 0.1) is 11.8 Å². The molecule has 0 nitrogen and oxygen atoms in total. The van der Waals surface area contributed by atoms with E-state index in [0.717, 1.165) is 11.8 Å². The molecule has 0 aromatic carbocycles. The monoisotopic (exact) mass is 240 g/mol. The maximum absolute atomic E-state index is 2.46. The molecular weight excluding hydrogens is 204 g/mol. The lowest BCUT2D eigenvalue weighted by Crippen LogP contribution is -2.11. The Labute approximate surface area is 111 Å². The Hall–Kier alpha value is 0. The molecule has 0 aliphatic rings. The van der Waals surface area contributed by atoms with E-state index in [1.165, 1.54) is 70.6 Å². The molecule has 0 spiro atoms. The standard InChI is InChI=1S/C17H36/c1-5-8-10-11-13-15-17(16(4)7-3)14-12-9-6-2/h16-17H,5-15H2,1-4H3. The Balaban J connectivity index is 3.69. The Bertz CT molecular complexity index is 139. The van der Waals surface area contributed by atoms with Gasteiger partial charge < -0.3 is 0 Å². The van der Waals surface area contributed by atoms with Crippen molar-refractivity contribution in [3.63, 3.8) is 0 Å². The van der Waals surface area contributed by atoms with E-state index in [4.69, 9.17) is 0 Å². The highest BCUT2D eigenvalue weighted by atomic mass is 14.2. The predicted molar refractivity (Wildman–Crippen MR) is 80.5 cm³/mol. The highest BCUT2D eigenvalue weighted by Crippen LogP contribution is 2.27. The smallest absolute Gasteiger partial charge is 0.0389 e. The molecule has 2 unspecified atom stereocenters. The van der Waals surface area contributed by atoms with Gasteiger partial charge >= 0.3 is 0 Å². The quantitative estimate of drug-likeness (QED) is 0.338. The SMILES string of the molecule is CCCCCCCC(CCCCC)C(C)CC. The first kappa shape index (κ1) is 17.0. The third kappa shape index (κ3) is 9.68. The fourth-order valence-corrected chi connectivity index (χ4v) is 2.71. The van der Waals surface area contributed by atoms with Gasteiger partial charge in [0.1, 0.15) is 0 Å². The van der Waals surface area contributed by atoms with Gasteiger partial charge in [-0.25, -0.2) is 0 Å². The Kier molecular flexibility index (Phi) is 12.5. The second kappa shape index (κ2) is 12.5. The number of hydrogen-bond acceptors (Lipinski definition) is 0. The van der Waals surface area contributed by atoms with Gasteiger partial charge in [0.2, 0.25) is 0 Å². The lowest BCUT2D eigenvalue weighted by molar-refractivity contribution is 0.289. The molecule has 0 aliphatic heterocycles. The molecule has 0 bridgehead atoms. The second-order valence-electron chi connectivity index (χ2n) is 5.84. The van der Waals surface area contributed by atoms with Gasteiger partial charge in [-0.3, -0.25) is 0 Å². The highest BCUT2D eigenvalue weighted by molar-refractivity contribution is 4.66. The molecular formula is C17H36. The fourth-order valence-electron chi connectivity index (χ4n) is 2.71. The van der Waals surface area contributed by atoms with Crippen LogP contribution in [0.25, 0.3) is 0 Å². The zero-order valence-electron chi connectivity index (χ0n) is 12.9. The van der Waals surface area contributed by atoms with Crippen molar-refractivity contribution in [3.8, 4) is 0 Å². The summed E-state index contributed by atoms with van der Waals surface area (Å²) >= 11 is 0. The summed E-state index contributed by atoms with van der Waals surface area (Å²) in [5, 5.41) is 0. The van der Waals surface area contributed by atoms with Crippen LogP contribution in [0.4, 0.5) is 0 Å². The van der Waals surface area contributed by atoms with Gasteiger partial charge in [0.25, 0.3) is 0 Å². The molecule has 0 radical (unpaired) electrons. The first-order valence-electron chi connectivity index (χ1n) is 8.26. The van der Waals surface area contributed by atoms with E-state index < -0.39 is 0 Å². The number of unbranched alkanes of at least 4 members (excludes halogenated alkanes) is 6. The molecule has 0 rings (SSSR count). The second-order valence-corrected chi connectivity index (χ2v) is 5.84. The van der Waals surface area contributed by atoms with Crippen molar-refractivity contribution in [2.75, 3.05) is 0 Å². The fraction of sp³-hybridized carbons (Fsp3) is 1.00. The molecule has 2 atom stereocenters. The normalized spacial score (nSPS) is 14.8. The van der Waals surface area contributed by atoms with Crippen molar-refractivity contribution in [1.82, 2.24) is 0 Å². The summed E-state index contributed by atoms with van der Waals surface area (Å²) in [6, 6.07) is 0. The topological polar surface area (TPSA) is 0 Å². The van der Waals surface area contributed by atoms with Gasteiger partial charge in [-0.2, -0.15) is 0 Å². The van der Waals surface area contributed by atoms with Gasteiger partial charge in [0.15, 0.2) is 0 Å². The first-order chi connectivity index (χ1) is 8.26. The van der Waals surface area contributed by atoms with Crippen LogP contribution in [-0.2, 0) is 0 Å². The van der Waals surface area contributed by atoms with Gasteiger partial charge in [0, 0.05) is 0 Å². The van der Waals surface area contributed by atoms with E-state index in [-0.39, 0.29) is 0 Å². The average Bonchev–Trinajstić information content (AvgIpc) is 2.35. The summed E-state index contributed by atoms with van der Waals surface area (Å²) < 4.78 is 0. The third-order valence-electron chi connectivity index (χ3n) is 4.31. The van der Waals surface area contributed by atoms with Gasteiger partial charge in [-0.05, 0) is 11.8 Å². The van der Waals surface area contributed by atoms with Crippen LogP contribution < -0.4 is 0 Å². The molecule has 0 N–H and O–H groups in total. The van der Waals surface area contributed by atoms with Crippen LogP contribution in [0.2, 0.25) is 0 Å². The maximum atomic E-state index is 2.46. The molecule has 0 heterocycles. The van der Waals surface area contributed by atoms with Crippen LogP contribution in [0.3, 0.4) is 0 Å². The van der Waals surface area contributed by atoms with E-state index in [1.807, 2.05) is 0 Å². The van der Waals surface area contributed by atoms with E-state index >= 15 is 0 Å². The average molecular weight is 240 g/mol. The summed E-state index contributed by atoms with van der Waals surface area (Å²) in [7, 11) is 0. The van der Waals surface area contributed by atoms with Gasteiger partial charge in [-0.1, -0.05) is 98.3 Å². The Morgan fingerprint density at radius 2 is 1.12 bits per heavy atom. The van der Waals surface area contributed by atoms with Crippen LogP contribution in [0.15, 0.2) is 0 Å². The van der Waals surface area contributed by atoms with Gasteiger partial charge in [-0.15, -0.1) is 0 Å². The van der Waals surface area contributed by atoms with Crippen molar-refractivity contribution in [2.45, 2.75) is 98.3 Å². The first-order valence-corrected chi connectivity index (χ1v) is 8.26. The molecule has 0 heteroatoms. The summed E-state index contributed by atoms with van der Waals surface area (Å²) in [6.07, 6.45) is 15.8. The van der Waals surface area contributed by atoms with Crippen molar-refractivity contribution < 1.29 is 0 Å². The lowest BCUT2D eigenvalue weighted by Gasteiger charge is -2.23. The lowest BCUT2D eigenvalue weighted by atomic mass is 9.83. The molecule has 104 valence electrons. The summed E-state index contributed by atoms with van der Waals surface area (Å²) in [5.74, 6) is 1.95. The number of rotatable bonds is 12. The molecule has 0 aromatic heterocycles. The number of hydrogen-bond donors (Lipinski definition) is 0. The molecule has 0 aromatic rings. The van der Waals surface area contributed by atoms with E-state index in [1.54, 1.807) is 0 Å². The molecule has 0 aliphatic carbocycles. The van der Waals surface area contributed by atoms with E-state index in [9.17, 15) is 0 Å². The van der Waals surface area contributed by atoms with E-state index in [2.05, 4.69) is 27.7 Å². The van der Waals surface area contributed by atoms with Gasteiger partial charge in [0.05, 0.1) is 0 Å². The maximum Gasteiger partial charge on any atom is -0.0389 e. The minimum absolute atomic E-state index is 0.943.